The Kier molecular flexibility index (Phi) is 11.4. The highest BCUT2D eigenvalue weighted by Gasteiger charge is 2.29. The average molecular weight is 477 g/mol. The van der Waals surface area contributed by atoms with Crippen molar-refractivity contribution in [3.8, 4) is 0 Å². The summed E-state index contributed by atoms with van der Waals surface area (Å²) in [5.41, 5.74) is 7.25. The summed E-state index contributed by atoms with van der Waals surface area (Å²) < 4.78 is 0. The predicted molar refractivity (Wildman–Crippen MR) is 150 cm³/mol. The Morgan fingerprint density at radius 3 is 1.97 bits per heavy atom. The number of hydrogen-bond donors (Lipinski definition) is 0. The Bertz CT molecular complexity index is 1000. The molecule has 0 fully saturated rings. The van der Waals surface area contributed by atoms with Crippen LogP contribution in [-0.2, 0) is 0 Å². The molecule has 1 aromatic rings. The molecule has 0 aromatic heterocycles. The normalized spacial score (nSPS) is 15.8. The highest BCUT2D eigenvalue weighted by molar-refractivity contribution is 6.26. The number of carbonyl (C=O) groups is 2. The van der Waals surface area contributed by atoms with Crippen molar-refractivity contribution >= 4 is 11.6 Å². The van der Waals surface area contributed by atoms with E-state index in [0.717, 1.165) is 35.8 Å². The Morgan fingerprint density at radius 2 is 1.34 bits per heavy atom. The standard InChI is InChI=1S/C33H48O2/c1-22(2)12-9-13-23(3)14-10-15-24(4)16-11-17-25(5)18-19-29-28(8)32(34)30-20-26(6)27(7)21-31(30)33(29)35/h16,18,20-23H,9-15,17,19H2,1-8H3. The molecule has 0 N–H and O–H groups in total. The van der Waals surface area contributed by atoms with Crippen LogP contribution in [0.1, 0.15) is 131 Å². The molecule has 0 radical (unpaired) electrons. The van der Waals surface area contributed by atoms with E-state index in [9.17, 15) is 9.59 Å². The van der Waals surface area contributed by atoms with Crippen molar-refractivity contribution in [3.05, 3.63) is 68.8 Å². The van der Waals surface area contributed by atoms with Gasteiger partial charge in [-0.2, -0.15) is 0 Å². The van der Waals surface area contributed by atoms with Crippen LogP contribution in [0.3, 0.4) is 0 Å². The van der Waals surface area contributed by atoms with E-state index in [1.807, 2.05) is 26.0 Å². The van der Waals surface area contributed by atoms with E-state index in [1.165, 1.54) is 49.7 Å². The maximum absolute atomic E-state index is 13.1. The summed E-state index contributed by atoms with van der Waals surface area (Å²) in [4.78, 5) is 26.0. The molecule has 0 aliphatic heterocycles. The fraction of sp³-hybridized carbons (Fsp3) is 0.576. The lowest BCUT2D eigenvalue weighted by Crippen LogP contribution is -2.21. The molecule has 0 heterocycles. The number of ketones is 2. The minimum absolute atomic E-state index is 0.00319. The Labute approximate surface area is 215 Å². The van der Waals surface area contributed by atoms with E-state index in [-0.39, 0.29) is 11.6 Å². The second kappa shape index (κ2) is 13.8. The van der Waals surface area contributed by atoms with Crippen LogP contribution in [0.5, 0.6) is 0 Å². The first-order chi connectivity index (χ1) is 16.5. The molecule has 2 rings (SSSR count). The Balaban J connectivity index is 1.83. The van der Waals surface area contributed by atoms with Gasteiger partial charge in [0.1, 0.15) is 0 Å². The summed E-state index contributed by atoms with van der Waals surface area (Å²) >= 11 is 0. The maximum atomic E-state index is 13.1. The van der Waals surface area contributed by atoms with Crippen molar-refractivity contribution in [1.29, 1.82) is 0 Å². The molecule has 1 unspecified atom stereocenters. The summed E-state index contributed by atoms with van der Waals surface area (Å²) in [6, 6.07) is 3.75. The van der Waals surface area contributed by atoms with Crippen LogP contribution in [0.2, 0.25) is 0 Å². The number of Topliss-reactive ketones (excluding diaryl/α,β-unsaturated/α-hetero) is 2. The number of aryl methyl sites for hydroxylation is 2. The van der Waals surface area contributed by atoms with Gasteiger partial charge in [-0.3, -0.25) is 9.59 Å². The molecule has 1 aliphatic rings. The smallest absolute Gasteiger partial charge is 0.190 e. The third-order valence-electron chi connectivity index (χ3n) is 7.62. The highest BCUT2D eigenvalue weighted by atomic mass is 16.1. The average Bonchev–Trinajstić information content (AvgIpc) is 2.78. The second-order valence-electron chi connectivity index (χ2n) is 11.4. The number of rotatable bonds is 13. The van der Waals surface area contributed by atoms with Gasteiger partial charge in [0.25, 0.3) is 0 Å². The molecule has 1 aromatic carbocycles. The molecule has 0 spiro atoms. The first kappa shape index (κ1) is 29.0. The van der Waals surface area contributed by atoms with Gasteiger partial charge < -0.3 is 0 Å². The molecule has 1 atom stereocenters. The van der Waals surface area contributed by atoms with E-state index >= 15 is 0 Å². The zero-order valence-electron chi connectivity index (χ0n) is 23.6. The molecule has 0 saturated carbocycles. The number of hydrogen-bond acceptors (Lipinski definition) is 2. The van der Waals surface area contributed by atoms with Crippen LogP contribution < -0.4 is 0 Å². The quantitative estimate of drug-likeness (QED) is 0.265. The van der Waals surface area contributed by atoms with Crippen molar-refractivity contribution in [2.75, 3.05) is 0 Å². The lowest BCUT2D eigenvalue weighted by molar-refractivity contribution is 0.0973. The van der Waals surface area contributed by atoms with Gasteiger partial charge in [-0.25, -0.2) is 0 Å². The topological polar surface area (TPSA) is 34.1 Å². The van der Waals surface area contributed by atoms with Gasteiger partial charge in [-0.15, -0.1) is 0 Å². The second-order valence-corrected chi connectivity index (χ2v) is 11.4. The summed E-state index contributed by atoms with van der Waals surface area (Å²) in [5.74, 6) is 1.66. The van der Waals surface area contributed by atoms with E-state index < -0.39 is 0 Å². The van der Waals surface area contributed by atoms with Crippen LogP contribution in [0.4, 0.5) is 0 Å². The first-order valence-electron chi connectivity index (χ1n) is 13.7. The maximum Gasteiger partial charge on any atom is 0.190 e. The van der Waals surface area contributed by atoms with E-state index in [0.29, 0.717) is 28.7 Å². The number of allylic oxidation sites excluding steroid dienone is 6. The monoisotopic (exact) mass is 476 g/mol. The predicted octanol–water partition coefficient (Wildman–Crippen LogP) is 9.69. The summed E-state index contributed by atoms with van der Waals surface area (Å²) in [5, 5.41) is 0. The summed E-state index contributed by atoms with van der Waals surface area (Å²) in [6.07, 6.45) is 14.9. The van der Waals surface area contributed by atoms with Crippen LogP contribution in [-0.4, -0.2) is 11.6 Å². The molecular weight excluding hydrogens is 428 g/mol. The fourth-order valence-electron chi connectivity index (χ4n) is 4.88. The molecule has 0 bridgehead atoms. The van der Waals surface area contributed by atoms with Crippen LogP contribution >= 0.6 is 0 Å². The zero-order valence-corrected chi connectivity index (χ0v) is 23.6. The molecule has 0 amide bonds. The number of fused-ring (bicyclic) bond motifs is 1. The van der Waals surface area contributed by atoms with Crippen molar-refractivity contribution < 1.29 is 9.59 Å². The van der Waals surface area contributed by atoms with E-state index in [2.05, 4.69) is 46.8 Å². The Hall–Kier alpha value is -2.22. The lowest BCUT2D eigenvalue weighted by Gasteiger charge is -2.20. The van der Waals surface area contributed by atoms with Crippen LogP contribution in [0.15, 0.2) is 46.6 Å². The van der Waals surface area contributed by atoms with E-state index in [4.69, 9.17) is 0 Å². The van der Waals surface area contributed by atoms with Crippen molar-refractivity contribution in [2.24, 2.45) is 11.8 Å². The number of carbonyl (C=O) groups excluding carboxylic acids is 2. The molecule has 35 heavy (non-hydrogen) atoms. The minimum atomic E-state index is -0.00319. The van der Waals surface area contributed by atoms with Gasteiger partial charge in [0.15, 0.2) is 11.6 Å². The molecule has 2 nitrogen and oxygen atoms in total. The zero-order chi connectivity index (χ0) is 26.1. The van der Waals surface area contributed by atoms with Gasteiger partial charge in [-0.1, -0.05) is 69.8 Å². The van der Waals surface area contributed by atoms with Crippen molar-refractivity contribution in [2.45, 2.75) is 113 Å². The summed E-state index contributed by atoms with van der Waals surface area (Å²) in [7, 11) is 0. The van der Waals surface area contributed by atoms with Gasteiger partial charge in [0.05, 0.1) is 0 Å². The molecule has 1 aliphatic carbocycles. The molecule has 192 valence electrons. The van der Waals surface area contributed by atoms with Crippen LogP contribution in [0, 0.1) is 25.7 Å². The number of benzene rings is 1. The van der Waals surface area contributed by atoms with E-state index in [1.54, 1.807) is 6.92 Å². The minimum Gasteiger partial charge on any atom is -0.289 e. The largest absolute Gasteiger partial charge is 0.289 e. The SMILES string of the molecule is CC(=CCC1=C(C)C(=O)c2cc(C)c(C)cc2C1=O)CCC=C(C)CCCC(C)CCCC(C)C. The Morgan fingerprint density at radius 1 is 0.771 bits per heavy atom. The van der Waals surface area contributed by atoms with Gasteiger partial charge in [0, 0.05) is 22.3 Å². The lowest BCUT2D eigenvalue weighted by atomic mass is 9.81. The third kappa shape index (κ3) is 8.74. The fourth-order valence-corrected chi connectivity index (χ4v) is 4.88. The van der Waals surface area contributed by atoms with Crippen molar-refractivity contribution in [1.82, 2.24) is 0 Å². The molecule has 2 heteroatoms. The van der Waals surface area contributed by atoms with Crippen LogP contribution in [0.25, 0.3) is 0 Å². The highest BCUT2D eigenvalue weighted by Crippen LogP contribution is 2.30. The molecular formula is C33H48O2. The van der Waals surface area contributed by atoms with Crippen molar-refractivity contribution in [3.63, 3.8) is 0 Å². The van der Waals surface area contributed by atoms with Gasteiger partial charge in [0.2, 0.25) is 0 Å². The summed E-state index contributed by atoms with van der Waals surface area (Å²) in [6.45, 7) is 17.2. The van der Waals surface area contributed by atoms with Gasteiger partial charge in [-0.05, 0) is 102 Å². The van der Waals surface area contributed by atoms with Gasteiger partial charge >= 0.3 is 0 Å². The third-order valence-corrected chi connectivity index (χ3v) is 7.62. The first-order valence-corrected chi connectivity index (χ1v) is 13.7. The molecule has 0 saturated heterocycles.